The van der Waals surface area contributed by atoms with Crippen molar-refractivity contribution in [2.45, 2.75) is 32.2 Å². The van der Waals surface area contributed by atoms with Gasteiger partial charge in [-0.25, -0.2) is 4.39 Å². The Hall–Kier alpha value is -1.88. The number of anilines is 1. The van der Waals surface area contributed by atoms with Crippen LogP contribution in [0.3, 0.4) is 0 Å². The zero-order valence-corrected chi connectivity index (χ0v) is 12.7. The predicted octanol–water partition coefficient (Wildman–Crippen LogP) is 3.04. The third kappa shape index (κ3) is 3.47. The maximum Gasteiger partial charge on any atom is 0.309 e. The molecule has 0 radical (unpaired) electrons. The van der Waals surface area contributed by atoms with Gasteiger partial charge in [-0.1, -0.05) is 18.2 Å². The molecule has 0 unspecified atom stereocenters. The van der Waals surface area contributed by atoms with E-state index in [-0.39, 0.29) is 5.69 Å². The average Bonchev–Trinajstić information content (AvgIpc) is 2.51. The molecule has 4 nitrogen and oxygen atoms in total. The lowest BCUT2D eigenvalue weighted by molar-refractivity contribution is -0.152. The Labute approximate surface area is 130 Å². The molecule has 3 N–H and O–H groups in total. The van der Waals surface area contributed by atoms with Crippen molar-refractivity contribution in [3.63, 3.8) is 0 Å². The van der Waals surface area contributed by atoms with Gasteiger partial charge in [0.05, 0.1) is 11.1 Å². The molecule has 5 heteroatoms. The van der Waals surface area contributed by atoms with E-state index in [2.05, 4.69) is 11.5 Å². The number of hydrogen-bond donors (Lipinski definition) is 2. The van der Waals surface area contributed by atoms with Crippen molar-refractivity contribution >= 4 is 11.7 Å². The molecule has 0 spiro atoms. The highest BCUT2D eigenvalue weighted by molar-refractivity contribution is 5.74. The third-order valence-electron chi connectivity index (χ3n) is 4.63. The summed E-state index contributed by atoms with van der Waals surface area (Å²) in [7, 11) is 0. The Balaban J connectivity index is 2.00. The Kier molecular flexibility index (Phi) is 5.19. The SMILES string of the molecule is C=CCCC1(C(=O)O)CCN(Cc2cccc(F)c2N)CC1. The van der Waals surface area contributed by atoms with Gasteiger partial charge in [0.1, 0.15) is 5.82 Å². The summed E-state index contributed by atoms with van der Waals surface area (Å²) in [6.07, 6.45) is 4.31. The first-order valence-electron chi connectivity index (χ1n) is 7.58. The maximum atomic E-state index is 13.5. The van der Waals surface area contributed by atoms with Crippen LogP contribution in [-0.4, -0.2) is 29.1 Å². The van der Waals surface area contributed by atoms with Crippen molar-refractivity contribution in [2.75, 3.05) is 18.8 Å². The molecule has 1 aromatic rings. The number of carboxylic acids is 1. The highest BCUT2D eigenvalue weighted by Crippen LogP contribution is 2.37. The van der Waals surface area contributed by atoms with Gasteiger partial charge in [0.15, 0.2) is 0 Å². The molecule has 2 rings (SSSR count). The summed E-state index contributed by atoms with van der Waals surface area (Å²) in [5.41, 5.74) is 6.05. The third-order valence-corrected chi connectivity index (χ3v) is 4.63. The van der Waals surface area contributed by atoms with E-state index in [0.717, 1.165) is 5.56 Å². The monoisotopic (exact) mass is 306 g/mol. The van der Waals surface area contributed by atoms with Crippen LogP contribution in [-0.2, 0) is 11.3 Å². The number of aliphatic carboxylic acids is 1. The lowest BCUT2D eigenvalue weighted by Crippen LogP contribution is -2.44. The van der Waals surface area contributed by atoms with Gasteiger partial charge in [-0.2, -0.15) is 0 Å². The van der Waals surface area contributed by atoms with E-state index in [0.29, 0.717) is 45.3 Å². The van der Waals surface area contributed by atoms with Crippen LogP contribution in [0.2, 0.25) is 0 Å². The van der Waals surface area contributed by atoms with Gasteiger partial charge in [-0.15, -0.1) is 6.58 Å². The van der Waals surface area contributed by atoms with Crippen LogP contribution in [0.5, 0.6) is 0 Å². The second-order valence-electron chi connectivity index (χ2n) is 6.00. The van der Waals surface area contributed by atoms with Gasteiger partial charge in [0.25, 0.3) is 0 Å². The van der Waals surface area contributed by atoms with Crippen molar-refractivity contribution in [1.82, 2.24) is 4.90 Å². The number of carbonyl (C=O) groups is 1. The molecule has 1 heterocycles. The Morgan fingerprint density at radius 2 is 2.14 bits per heavy atom. The molecule has 120 valence electrons. The summed E-state index contributed by atoms with van der Waals surface area (Å²) >= 11 is 0. The Bertz CT molecular complexity index is 552. The first-order chi connectivity index (χ1) is 10.5. The Morgan fingerprint density at radius 3 is 2.73 bits per heavy atom. The zero-order valence-electron chi connectivity index (χ0n) is 12.7. The number of allylic oxidation sites excluding steroid dienone is 1. The van der Waals surface area contributed by atoms with Crippen molar-refractivity contribution < 1.29 is 14.3 Å². The fraction of sp³-hybridized carbons (Fsp3) is 0.471. The van der Waals surface area contributed by atoms with Crippen molar-refractivity contribution in [3.8, 4) is 0 Å². The van der Waals surface area contributed by atoms with Gasteiger partial charge < -0.3 is 10.8 Å². The molecule has 0 bridgehead atoms. The van der Waals surface area contributed by atoms with Gasteiger partial charge in [0, 0.05) is 6.54 Å². The predicted molar refractivity (Wildman–Crippen MR) is 84.8 cm³/mol. The number of halogens is 1. The molecule has 1 fully saturated rings. The molecule has 1 aliphatic rings. The van der Waals surface area contributed by atoms with E-state index in [4.69, 9.17) is 5.73 Å². The fourth-order valence-electron chi connectivity index (χ4n) is 3.05. The number of nitrogens with two attached hydrogens (primary N) is 1. The quantitative estimate of drug-likeness (QED) is 0.626. The van der Waals surface area contributed by atoms with Gasteiger partial charge in [0.2, 0.25) is 0 Å². The summed E-state index contributed by atoms with van der Waals surface area (Å²) in [6, 6.07) is 4.81. The first-order valence-corrected chi connectivity index (χ1v) is 7.58. The second-order valence-corrected chi connectivity index (χ2v) is 6.00. The minimum atomic E-state index is -0.723. The lowest BCUT2D eigenvalue weighted by Gasteiger charge is -2.39. The van der Waals surface area contributed by atoms with Gasteiger partial charge in [-0.3, -0.25) is 9.69 Å². The molecule has 0 atom stereocenters. The van der Waals surface area contributed by atoms with E-state index in [1.165, 1.54) is 6.07 Å². The largest absolute Gasteiger partial charge is 0.481 e. The van der Waals surface area contributed by atoms with Crippen LogP contribution < -0.4 is 5.73 Å². The van der Waals surface area contributed by atoms with E-state index in [9.17, 15) is 14.3 Å². The molecule has 0 saturated carbocycles. The highest BCUT2D eigenvalue weighted by atomic mass is 19.1. The molecular weight excluding hydrogens is 283 g/mol. The normalized spacial score (nSPS) is 18.0. The van der Waals surface area contributed by atoms with Crippen molar-refractivity contribution in [2.24, 2.45) is 5.41 Å². The van der Waals surface area contributed by atoms with Crippen LogP contribution in [0.1, 0.15) is 31.2 Å². The number of piperidine rings is 1. The van der Waals surface area contributed by atoms with Gasteiger partial charge in [-0.05, 0) is 50.4 Å². The van der Waals surface area contributed by atoms with E-state index in [1.54, 1.807) is 12.1 Å². The topological polar surface area (TPSA) is 66.6 Å². The lowest BCUT2D eigenvalue weighted by atomic mass is 9.75. The number of rotatable bonds is 6. The standard InChI is InChI=1S/C17H23FN2O2/c1-2-3-7-17(16(21)22)8-10-20(11-9-17)12-13-5-4-6-14(18)15(13)19/h2,4-6H,1,3,7-12,19H2,(H,21,22). The van der Waals surface area contributed by atoms with Crippen LogP contribution in [0, 0.1) is 11.2 Å². The average molecular weight is 306 g/mol. The Morgan fingerprint density at radius 1 is 1.45 bits per heavy atom. The summed E-state index contributed by atoms with van der Waals surface area (Å²) in [5.74, 6) is -1.13. The number of hydrogen-bond acceptors (Lipinski definition) is 3. The maximum absolute atomic E-state index is 13.5. The van der Waals surface area contributed by atoms with Crippen LogP contribution >= 0.6 is 0 Å². The number of para-hydroxylation sites is 1. The number of carboxylic acid groups (broad SMARTS) is 1. The van der Waals surface area contributed by atoms with Crippen LogP contribution in [0.4, 0.5) is 10.1 Å². The number of likely N-dealkylation sites (tertiary alicyclic amines) is 1. The first kappa shape index (κ1) is 16.5. The molecule has 1 aliphatic heterocycles. The zero-order chi connectivity index (χ0) is 16.2. The minimum absolute atomic E-state index is 0.184. The van der Waals surface area contributed by atoms with Crippen LogP contribution in [0.25, 0.3) is 0 Å². The summed E-state index contributed by atoms with van der Waals surface area (Å²) < 4.78 is 13.5. The molecule has 1 aromatic carbocycles. The van der Waals surface area contributed by atoms with Crippen LogP contribution in [0.15, 0.2) is 30.9 Å². The second kappa shape index (κ2) is 6.92. The molecule has 0 amide bonds. The number of nitrogens with zero attached hydrogens (tertiary/aromatic N) is 1. The van der Waals surface area contributed by atoms with Gasteiger partial charge >= 0.3 is 5.97 Å². The molecular formula is C17H23FN2O2. The minimum Gasteiger partial charge on any atom is -0.481 e. The summed E-state index contributed by atoms with van der Waals surface area (Å²) in [4.78, 5) is 13.8. The molecule has 1 saturated heterocycles. The van der Waals surface area contributed by atoms with E-state index < -0.39 is 17.2 Å². The smallest absolute Gasteiger partial charge is 0.309 e. The fourth-order valence-corrected chi connectivity index (χ4v) is 3.05. The van der Waals surface area contributed by atoms with E-state index in [1.807, 2.05) is 6.07 Å². The summed E-state index contributed by atoms with van der Waals surface area (Å²) in [5, 5.41) is 9.55. The molecule has 0 aromatic heterocycles. The summed E-state index contributed by atoms with van der Waals surface area (Å²) in [6.45, 7) is 5.59. The highest BCUT2D eigenvalue weighted by Gasteiger charge is 2.40. The van der Waals surface area contributed by atoms with Crippen molar-refractivity contribution in [1.29, 1.82) is 0 Å². The number of benzene rings is 1. The molecule has 0 aliphatic carbocycles. The van der Waals surface area contributed by atoms with Crippen molar-refractivity contribution in [3.05, 3.63) is 42.2 Å². The van der Waals surface area contributed by atoms with E-state index >= 15 is 0 Å². The molecule has 22 heavy (non-hydrogen) atoms. The number of nitrogen functional groups attached to an aromatic ring is 1.